The fraction of sp³-hybridized carbons (Fsp3) is 0.667. The van der Waals surface area contributed by atoms with Crippen LogP contribution >= 0.6 is 0 Å². The Morgan fingerprint density at radius 2 is 1.54 bits per heavy atom. The maximum absolute atomic E-state index is 9.52. The van der Waals surface area contributed by atoms with Gasteiger partial charge in [-0.3, -0.25) is 13.2 Å². The summed E-state index contributed by atoms with van der Waals surface area (Å²) in [7, 11) is -5.17. The van der Waals surface area contributed by atoms with Crippen LogP contribution in [0, 0.1) is 0 Å². The summed E-state index contributed by atoms with van der Waals surface area (Å²) < 4.78 is 34.1. The summed E-state index contributed by atoms with van der Waals surface area (Å²) >= 11 is 0. The number of nitrogens with two attached hydrogens (primary N) is 1. The third-order valence-electron chi connectivity index (χ3n) is 0.358. The predicted octanol–water partition coefficient (Wildman–Crippen LogP) is -7.91. The number of hydrogen-bond acceptors (Lipinski definition) is 6. The standard InChI is InChI=1S/C3H7NO2.2K.H2O4S/c4-2-1-3(5)6;;;1-5(2,3)4/h1-2,4H2,(H,5,6);;;(H2,1,2,3,4)/q;2*+1;/p-2. The first kappa shape index (κ1) is 24.7. The van der Waals surface area contributed by atoms with Crippen molar-refractivity contribution >= 4 is 16.4 Å². The Morgan fingerprint density at radius 3 is 1.54 bits per heavy atom. The van der Waals surface area contributed by atoms with E-state index in [0.29, 0.717) is 0 Å². The minimum Gasteiger partial charge on any atom is -0.759 e. The first-order valence-corrected chi connectivity index (χ1v) is 3.69. The molecule has 0 heterocycles. The zero-order valence-electron chi connectivity index (χ0n) is 7.39. The molecule has 0 unspecified atom stereocenters. The number of rotatable bonds is 2. The number of hydrogen-bond donors (Lipinski definition) is 2. The molecule has 68 valence electrons. The second-order valence-electron chi connectivity index (χ2n) is 1.34. The van der Waals surface area contributed by atoms with E-state index < -0.39 is 16.4 Å². The molecule has 13 heavy (non-hydrogen) atoms. The van der Waals surface area contributed by atoms with Gasteiger partial charge in [-0.05, 0) is 0 Å². The molecule has 0 fully saturated rings. The van der Waals surface area contributed by atoms with Gasteiger partial charge in [-0.25, -0.2) is 0 Å². The summed E-state index contributed by atoms with van der Waals surface area (Å²) in [5, 5.41) is 7.83. The van der Waals surface area contributed by atoms with Gasteiger partial charge in [0.2, 0.25) is 0 Å². The van der Waals surface area contributed by atoms with E-state index in [9.17, 15) is 4.79 Å². The molecule has 0 aliphatic rings. The van der Waals surface area contributed by atoms with Crippen molar-refractivity contribution in [2.75, 3.05) is 6.54 Å². The Morgan fingerprint density at radius 1 is 1.31 bits per heavy atom. The summed E-state index contributed by atoms with van der Waals surface area (Å²) in [5.41, 5.74) is 4.85. The molecule has 0 rings (SSSR count). The van der Waals surface area contributed by atoms with Gasteiger partial charge < -0.3 is 19.9 Å². The molecule has 0 saturated carbocycles. The van der Waals surface area contributed by atoms with Crippen molar-refractivity contribution in [3.8, 4) is 0 Å². The molecule has 0 aromatic rings. The van der Waals surface area contributed by atoms with Gasteiger partial charge in [0.05, 0.1) is 6.42 Å². The quantitative estimate of drug-likeness (QED) is 0.286. The van der Waals surface area contributed by atoms with Crippen LogP contribution in [-0.2, 0) is 15.2 Å². The molecule has 10 heteroatoms. The Hall–Kier alpha value is 2.57. The van der Waals surface area contributed by atoms with Crippen molar-refractivity contribution in [3.63, 3.8) is 0 Å². The topological polar surface area (TPSA) is 144 Å². The van der Waals surface area contributed by atoms with Crippen molar-refractivity contribution in [2.24, 2.45) is 5.73 Å². The molecule has 0 atom stereocenters. The SMILES string of the molecule is NCCC(=O)O.O=S(=O)([O-])[O-].[K+].[K+]. The fourth-order valence-corrected chi connectivity index (χ4v) is 0.123. The maximum Gasteiger partial charge on any atom is 1.00 e. The second-order valence-corrected chi connectivity index (χ2v) is 2.16. The Kier molecular flexibility index (Phi) is 27.7. The van der Waals surface area contributed by atoms with Crippen LogP contribution in [0.25, 0.3) is 0 Å². The fourth-order valence-electron chi connectivity index (χ4n) is 0.123. The number of carboxylic acid groups (broad SMARTS) is 1. The molecule has 0 bridgehead atoms. The second kappa shape index (κ2) is 14.6. The predicted molar refractivity (Wildman–Crippen MR) is 31.8 cm³/mol. The minimum atomic E-state index is -5.17. The smallest absolute Gasteiger partial charge is 0.759 e. The van der Waals surface area contributed by atoms with Crippen molar-refractivity contribution < 1.29 is 130 Å². The van der Waals surface area contributed by atoms with E-state index in [1.54, 1.807) is 0 Å². The monoisotopic (exact) mass is 263 g/mol. The third kappa shape index (κ3) is 74.2. The summed E-state index contributed by atoms with van der Waals surface area (Å²) in [4.78, 5) is 9.52. The average Bonchev–Trinajstić information content (AvgIpc) is 1.58. The maximum atomic E-state index is 9.52. The molecule has 0 saturated heterocycles. The Bertz CT molecular complexity index is 196. The van der Waals surface area contributed by atoms with Gasteiger partial charge in [0.1, 0.15) is 0 Å². The summed E-state index contributed by atoms with van der Waals surface area (Å²) in [5.74, 6) is -0.836. The van der Waals surface area contributed by atoms with Crippen LogP contribution < -0.4 is 109 Å². The summed E-state index contributed by atoms with van der Waals surface area (Å²) in [6.07, 6.45) is 0.0694. The third-order valence-corrected chi connectivity index (χ3v) is 0.358. The van der Waals surface area contributed by atoms with Crippen LogP contribution in [0.2, 0.25) is 0 Å². The molecule has 0 aromatic carbocycles. The van der Waals surface area contributed by atoms with Gasteiger partial charge in [-0.2, -0.15) is 0 Å². The van der Waals surface area contributed by atoms with E-state index >= 15 is 0 Å². The van der Waals surface area contributed by atoms with Gasteiger partial charge in [0.25, 0.3) is 0 Å². The van der Waals surface area contributed by atoms with Crippen molar-refractivity contribution in [1.82, 2.24) is 0 Å². The molecular formula is C3H7K2NO6S. The number of aliphatic carboxylic acids is 1. The van der Waals surface area contributed by atoms with Crippen LogP contribution in [0.15, 0.2) is 0 Å². The van der Waals surface area contributed by atoms with E-state index in [-0.39, 0.29) is 116 Å². The van der Waals surface area contributed by atoms with Gasteiger partial charge in [0, 0.05) is 16.9 Å². The van der Waals surface area contributed by atoms with Crippen molar-refractivity contribution in [1.29, 1.82) is 0 Å². The molecule has 0 aliphatic heterocycles. The molecule has 0 spiro atoms. The van der Waals surface area contributed by atoms with Crippen LogP contribution in [0.4, 0.5) is 0 Å². The van der Waals surface area contributed by atoms with Crippen LogP contribution in [0.1, 0.15) is 6.42 Å². The summed E-state index contributed by atoms with van der Waals surface area (Å²) in [6, 6.07) is 0. The normalized spacial score (nSPS) is 8.23. The first-order valence-electron chi connectivity index (χ1n) is 2.36. The molecule has 7 nitrogen and oxygen atoms in total. The number of carbonyl (C=O) groups is 1. The molecule has 0 amide bonds. The van der Waals surface area contributed by atoms with Gasteiger partial charge >= 0.3 is 109 Å². The van der Waals surface area contributed by atoms with E-state index in [0.717, 1.165) is 0 Å². The van der Waals surface area contributed by atoms with Crippen LogP contribution in [0.3, 0.4) is 0 Å². The number of carboxylic acids is 1. The molecular weight excluding hydrogens is 256 g/mol. The van der Waals surface area contributed by atoms with E-state index in [2.05, 4.69) is 0 Å². The molecule has 3 N–H and O–H groups in total. The molecule has 0 radical (unpaired) electrons. The van der Waals surface area contributed by atoms with Gasteiger partial charge in [-0.1, -0.05) is 0 Å². The van der Waals surface area contributed by atoms with Crippen molar-refractivity contribution in [3.05, 3.63) is 0 Å². The van der Waals surface area contributed by atoms with E-state index in [1.165, 1.54) is 0 Å². The largest absolute Gasteiger partial charge is 1.00 e. The van der Waals surface area contributed by atoms with Crippen LogP contribution in [0.5, 0.6) is 0 Å². The van der Waals surface area contributed by atoms with E-state index in [4.69, 9.17) is 28.4 Å². The summed E-state index contributed by atoms with van der Waals surface area (Å²) in [6.45, 7) is 0.231. The zero-order chi connectivity index (χ0) is 9.49. The first-order chi connectivity index (χ1) is 4.77. The van der Waals surface area contributed by atoms with E-state index in [1.807, 2.05) is 0 Å². The zero-order valence-corrected chi connectivity index (χ0v) is 14.5. The van der Waals surface area contributed by atoms with Crippen LogP contribution in [-0.4, -0.2) is 35.1 Å². The van der Waals surface area contributed by atoms with Crippen molar-refractivity contribution in [2.45, 2.75) is 6.42 Å². The van der Waals surface area contributed by atoms with Gasteiger partial charge in [0.15, 0.2) is 0 Å². The minimum absolute atomic E-state index is 0. The Balaban J connectivity index is -0.0000000546. The molecule has 0 aromatic heterocycles. The Labute approximate surface area is 161 Å². The molecule has 0 aliphatic carbocycles. The average molecular weight is 263 g/mol. The van der Waals surface area contributed by atoms with Gasteiger partial charge in [-0.15, -0.1) is 0 Å².